The van der Waals surface area contributed by atoms with Gasteiger partial charge in [0.25, 0.3) is 0 Å². The van der Waals surface area contributed by atoms with Crippen molar-refractivity contribution in [1.82, 2.24) is 4.98 Å². The van der Waals surface area contributed by atoms with E-state index in [0.717, 1.165) is 46.7 Å². The molecule has 21 heavy (non-hydrogen) atoms. The van der Waals surface area contributed by atoms with E-state index in [2.05, 4.69) is 26.2 Å². The first-order valence-corrected chi connectivity index (χ1v) is 8.07. The van der Waals surface area contributed by atoms with Crippen LogP contribution in [0, 0.1) is 0 Å². The molecule has 0 bridgehead atoms. The molecule has 0 atom stereocenters. The molecule has 1 fully saturated rings. The summed E-state index contributed by atoms with van der Waals surface area (Å²) in [6.07, 6.45) is 5.24. The largest absolute Gasteiger partial charge is 0.396 e. The zero-order valence-corrected chi connectivity index (χ0v) is 13.7. The zero-order chi connectivity index (χ0) is 15.0. The molecule has 112 valence electrons. The number of pyridine rings is 1. The minimum Gasteiger partial charge on any atom is -0.396 e. The molecule has 0 amide bonds. The normalized spacial score (nSPS) is 26.0. The third kappa shape index (κ3) is 3.14. The molecule has 2 aromatic rings. The quantitative estimate of drug-likeness (QED) is 0.773. The molecule has 5 heteroatoms. The van der Waals surface area contributed by atoms with Crippen molar-refractivity contribution >= 4 is 38.2 Å². The fraction of sp³-hybridized carbons (Fsp3) is 0.438. The zero-order valence-electron chi connectivity index (χ0n) is 12.1. The topological polar surface area (TPSA) is 71.2 Å². The number of anilines is 2. The summed E-state index contributed by atoms with van der Waals surface area (Å²) in [6.45, 7) is 1.91. The molecule has 0 unspecified atom stereocenters. The van der Waals surface area contributed by atoms with Crippen LogP contribution in [0.5, 0.6) is 0 Å². The molecule has 0 spiro atoms. The molecular weight excluding hydrogens is 330 g/mol. The van der Waals surface area contributed by atoms with Crippen LogP contribution in [0.25, 0.3) is 10.9 Å². The number of aliphatic hydroxyl groups is 1. The van der Waals surface area contributed by atoms with Gasteiger partial charge in [-0.25, -0.2) is 0 Å². The maximum absolute atomic E-state index is 10.1. The highest BCUT2D eigenvalue weighted by atomic mass is 79.9. The van der Waals surface area contributed by atoms with Crippen LogP contribution < -0.4 is 11.1 Å². The van der Waals surface area contributed by atoms with Crippen LogP contribution >= 0.6 is 15.9 Å². The summed E-state index contributed by atoms with van der Waals surface area (Å²) in [5.74, 6) is 0. The van der Waals surface area contributed by atoms with Gasteiger partial charge in [0.1, 0.15) is 0 Å². The molecule has 4 N–H and O–H groups in total. The van der Waals surface area contributed by atoms with E-state index < -0.39 is 5.60 Å². The van der Waals surface area contributed by atoms with E-state index in [9.17, 15) is 5.11 Å². The number of hydrogen-bond acceptors (Lipinski definition) is 4. The van der Waals surface area contributed by atoms with Crippen LogP contribution in [0.4, 0.5) is 11.4 Å². The van der Waals surface area contributed by atoms with Crippen molar-refractivity contribution < 1.29 is 5.11 Å². The second-order valence-corrected chi connectivity index (χ2v) is 7.08. The molecule has 4 nitrogen and oxygen atoms in total. The second-order valence-electron chi connectivity index (χ2n) is 6.17. The van der Waals surface area contributed by atoms with Gasteiger partial charge in [-0.2, -0.15) is 0 Å². The first-order valence-electron chi connectivity index (χ1n) is 7.27. The standard InChI is InChI=1S/C16H20BrN3O/c1-16(21)6-4-11(5-7-16)20-15-12-8-10(17)2-3-14(12)19-9-13(15)18/h2-3,8-9,11,21H,4-7,18H2,1H3,(H,19,20). The molecule has 1 saturated carbocycles. The molecule has 3 rings (SSSR count). The van der Waals surface area contributed by atoms with Gasteiger partial charge >= 0.3 is 0 Å². The Morgan fingerprint density at radius 3 is 2.81 bits per heavy atom. The van der Waals surface area contributed by atoms with Crippen molar-refractivity contribution in [3.05, 3.63) is 28.9 Å². The Balaban J connectivity index is 1.90. The van der Waals surface area contributed by atoms with E-state index in [1.807, 2.05) is 25.1 Å². The molecule has 0 aliphatic heterocycles. The summed E-state index contributed by atoms with van der Waals surface area (Å²) in [6, 6.07) is 6.35. The summed E-state index contributed by atoms with van der Waals surface area (Å²) in [7, 11) is 0. The lowest BCUT2D eigenvalue weighted by molar-refractivity contribution is 0.0196. The lowest BCUT2D eigenvalue weighted by Gasteiger charge is -2.34. The Labute approximate surface area is 132 Å². The third-order valence-corrected chi connectivity index (χ3v) is 4.76. The number of halogens is 1. The molecule has 1 aliphatic rings. The molecule has 1 aromatic heterocycles. The van der Waals surface area contributed by atoms with Crippen molar-refractivity contribution in [2.24, 2.45) is 0 Å². The van der Waals surface area contributed by atoms with Crippen LogP contribution in [0.1, 0.15) is 32.6 Å². The number of nitrogens with one attached hydrogen (secondary N) is 1. The number of nitrogens with zero attached hydrogens (tertiary/aromatic N) is 1. The van der Waals surface area contributed by atoms with Crippen LogP contribution in [0.3, 0.4) is 0 Å². The SMILES string of the molecule is CC1(O)CCC(Nc2c(N)cnc3ccc(Br)cc23)CC1. The Morgan fingerprint density at radius 2 is 2.10 bits per heavy atom. The van der Waals surface area contributed by atoms with E-state index in [4.69, 9.17) is 5.73 Å². The van der Waals surface area contributed by atoms with Gasteiger partial charge in [-0.1, -0.05) is 15.9 Å². The average molecular weight is 350 g/mol. The van der Waals surface area contributed by atoms with Gasteiger partial charge in [-0.3, -0.25) is 4.98 Å². The van der Waals surface area contributed by atoms with Crippen LogP contribution in [-0.2, 0) is 0 Å². The third-order valence-electron chi connectivity index (χ3n) is 4.27. The predicted molar refractivity (Wildman–Crippen MR) is 90.4 cm³/mol. The van der Waals surface area contributed by atoms with Gasteiger partial charge in [0.05, 0.1) is 28.7 Å². The number of aromatic nitrogens is 1. The van der Waals surface area contributed by atoms with Crippen LogP contribution in [-0.4, -0.2) is 21.7 Å². The van der Waals surface area contributed by atoms with Gasteiger partial charge in [0.15, 0.2) is 0 Å². The van der Waals surface area contributed by atoms with Crippen molar-refractivity contribution in [1.29, 1.82) is 0 Å². The molecule has 1 heterocycles. The number of rotatable bonds is 2. The fourth-order valence-electron chi connectivity index (χ4n) is 2.93. The van der Waals surface area contributed by atoms with E-state index in [0.29, 0.717) is 11.7 Å². The van der Waals surface area contributed by atoms with Crippen molar-refractivity contribution in [3.63, 3.8) is 0 Å². The Hall–Kier alpha value is -1.33. The number of nitrogens with two attached hydrogens (primary N) is 1. The maximum atomic E-state index is 10.1. The summed E-state index contributed by atoms with van der Waals surface area (Å²) in [5.41, 5.74) is 8.14. The van der Waals surface area contributed by atoms with Gasteiger partial charge < -0.3 is 16.2 Å². The average Bonchev–Trinajstić information content (AvgIpc) is 2.44. The minimum atomic E-state index is -0.521. The molecule has 1 aromatic carbocycles. The maximum Gasteiger partial charge on any atom is 0.0743 e. The number of fused-ring (bicyclic) bond motifs is 1. The summed E-state index contributed by atoms with van der Waals surface area (Å²) >= 11 is 3.50. The fourth-order valence-corrected chi connectivity index (χ4v) is 3.29. The van der Waals surface area contributed by atoms with Crippen LogP contribution in [0.15, 0.2) is 28.9 Å². The Bertz CT molecular complexity index is 657. The Kier molecular flexibility index (Phi) is 3.80. The van der Waals surface area contributed by atoms with Gasteiger partial charge in [0, 0.05) is 15.9 Å². The van der Waals surface area contributed by atoms with E-state index >= 15 is 0 Å². The second kappa shape index (κ2) is 5.46. The molecule has 0 radical (unpaired) electrons. The number of hydrogen-bond donors (Lipinski definition) is 3. The monoisotopic (exact) mass is 349 g/mol. The highest BCUT2D eigenvalue weighted by Crippen LogP contribution is 2.34. The highest BCUT2D eigenvalue weighted by molar-refractivity contribution is 9.10. The first-order chi connectivity index (χ1) is 9.94. The van der Waals surface area contributed by atoms with Gasteiger partial charge in [-0.15, -0.1) is 0 Å². The van der Waals surface area contributed by atoms with E-state index in [1.165, 1.54) is 0 Å². The summed E-state index contributed by atoms with van der Waals surface area (Å²) in [5, 5.41) is 14.6. The van der Waals surface area contributed by atoms with Gasteiger partial charge in [0.2, 0.25) is 0 Å². The molecular formula is C16H20BrN3O. The lowest BCUT2D eigenvalue weighted by atomic mass is 9.83. The molecule has 1 aliphatic carbocycles. The number of nitrogen functional groups attached to an aromatic ring is 1. The lowest BCUT2D eigenvalue weighted by Crippen LogP contribution is -2.35. The van der Waals surface area contributed by atoms with Crippen molar-refractivity contribution in [2.75, 3.05) is 11.1 Å². The highest BCUT2D eigenvalue weighted by Gasteiger charge is 2.29. The first kappa shape index (κ1) is 14.6. The van der Waals surface area contributed by atoms with Crippen LogP contribution in [0.2, 0.25) is 0 Å². The van der Waals surface area contributed by atoms with Gasteiger partial charge in [-0.05, 0) is 50.8 Å². The Morgan fingerprint density at radius 1 is 1.38 bits per heavy atom. The van der Waals surface area contributed by atoms with E-state index in [-0.39, 0.29) is 0 Å². The van der Waals surface area contributed by atoms with E-state index in [1.54, 1.807) is 6.20 Å². The summed E-state index contributed by atoms with van der Waals surface area (Å²) < 4.78 is 1.01. The molecule has 0 saturated heterocycles. The summed E-state index contributed by atoms with van der Waals surface area (Å²) in [4.78, 5) is 4.37. The van der Waals surface area contributed by atoms with Crippen molar-refractivity contribution in [3.8, 4) is 0 Å². The minimum absolute atomic E-state index is 0.345. The number of benzene rings is 1. The predicted octanol–water partition coefficient (Wildman–Crippen LogP) is 3.69. The van der Waals surface area contributed by atoms with Crippen molar-refractivity contribution in [2.45, 2.75) is 44.2 Å². The smallest absolute Gasteiger partial charge is 0.0743 e.